The zero-order chi connectivity index (χ0) is 14.9. The van der Waals surface area contributed by atoms with E-state index in [2.05, 4.69) is 49.1 Å². The van der Waals surface area contributed by atoms with E-state index < -0.39 is 0 Å². The molecule has 0 aromatic heterocycles. The first-order valence-corrected chi connectivity index (χ1v) is 8.63. The summed E-state index contributed by atoms with van der Waals surface area (Å²) in [5.41, 5.74) is 7.99. The lowest BCUT2D eigenvalue weighted by Crippen LogP contribution is -2.52. The van der Waals surface area contributed by atoms with E-state index >= 15 is 0 Å². The van der Waals surface area contributed by atoms with E-state index in [1.807, 2.05) is 0 Å². The predicted molar refractivity (Wildman–Crippen MR) is 89.4 cm³/mol. The van der Waals surface area contributed by atoms with Gasteiger partial charge in [0.2, 0.25) is 0 Å². The normalized spacial score (nSPS) is 33.2. The van der Waals surface area contributed by atoms with Crippen LogP contribution in [0.4, 0.5) is 0 Å². The molecule has 0 radical (unpaired) electrons. The van der Waals surface area contributed by atoms with Crippen molar-refractivity contribution >= 4 is 0 Å². The van der Waals surface area contributed by atoms with Crippen LogP contribution in [0, 0.1) is 5.92 Å². The van der Waals surface area contributed by atoms with Crippen LogP contribution in [-0.2, 0) is 0 Å². The van der Waals surface area contributed by atoms with Crippen molar-refractivity contribution in [2.24, 2.45) is 11.7 Å². The van der Waals surface area contributed by atoms with E-state index in [4.69, 9.17) is 5.73 Å². The van der Waals surface area contributed by atoms with Crippen molar-refractivity contribution < 1.29 is 0 Å². The van der Waals surface area contributed by atoms with Crippen LogP contribution in [0.2, 0.25) is 0 Å². The van der Waals surface area contributed by atoms with Gasteiger partial charge in [0.1, 0.15) is 0 Å². The maximum atomic E-state index is 6.11. The van der Waals surface area contributed by atoms with Gasteiger partial charge in [-0.05, 0) is 76.4 Å². The summed E-state index contributed by atoms with van der Waals surface area (Å²) in [6.45, 7) is 6.94. The fraction of sp³-hybridized carbons (Fsp3) is 0.684. The van der Waals surface area contributed by atoms with Gasteiger partial charge in [-0.15, -0.1) is 0 Å². The molecule has 2 fully saturated rings. The van der Waals surface area contributed by atoms with E-state index in [1.165, 1.54) is 44.2 Å². The van der Waals surface area contributed by atoms with Gasteiger partial charge in [0.05, 0.1) is 0 Å². The molecular weight excluding hydrogens is 256 g/mol. The fourth-order valence-corrected chi connectivity index (χ4v) is 4.64. The molecule has 3 atom stereocenters. The highest BCUT2D eigenvalue weighted by molar-refractivity contribution is 5.21. The summed E-state index contributed by atoms with van der Waals surface area (Å²) in [4.78, 5) is 2.78. The molecule has 2 nitrogen and oxygen atoms in total. The molecule has 1 aromatic rings. The largest absolute Gasteiger partial charge is 0.330 e. The number of benzene rings is 1. The zero-order valence-corrected chi connectivity index (χ0v) is 13.6. The van der Waals surface area contributed by atoms with Crippen molar-refractivity contribution in [1.82, 2.24) is 4.90 Å². The molecule has 3 unspecified atom stereocenters. The Morgan fingerprint density at radius 3 is 2.57 bits per heavy atom. The van der Waals surface area contributed by atoms with Crippen molar-refractivity contribution in [3.05, 3.63) is 35.9 Å². The number of rotatable bonds is 3. The Balaban J connectivity index is 1.79. The summed E-state index contributed by atoms with van der Waals surface area (Å²) in [6, 6.07) is 11.8. The summed E-state index contributed by atoms with van der Waals surface area (Å²) in [5.74, 6) is 1.40. The molecule has 2 aliphatic rings. The van der Waals surface area contributed by atoms with E-state index in [0.717, 1.165) is 12.5 Å². The lowest BCUT2D eigenvalue weighted by atomic mass is 9.74. The van der Waals surface area contributed by atoms with Crippen LogP contribution in [-0.4, -0.2) is 29.6 Å². The molecule has 1 aliphatic carbocycles. The molecule has 1 saturated carbocycles. The first-order valence-electron chi connectivity index (χ1n) is 8.63. The molecule has 0 amide bonds. The number of nitrogens with two attached hydrogens (primary N) is 1. The van der Waals surface area contributed by atoms with Crippen molar-refractivity contribution in [2.45, 2.75) is 63.5 Å². The van der Waals surface area contributed by atoms with Crippen LogP contribution in [0.3, 0.4) is 0 Å². The molecule has 1 heterocycles. The first-order chi connectivity index (χ1) is 10.1. The van der Waals surface area contributed by atoms with Gasteiger partial charge >= 0.3 is 0 Å². The van der Waals surface area contributed by atoms with Gasteiger partial charge in [-0.25, -0.2) is 0 Å². The number of hydrogen-bond donors (Lipinski definition) is 1. The van der Waals surface area contributed by atoms with Gasteiger partial charge < -0.3 is 5.73 Å². The third-order valence-electron chi connectivity index (χ3n) is 5.90. The Labute approximate surface area is 129 Å². The van der Waals surface area contributed by atoms with Gasteiger partial charge in [0, 0.05) is 11.6 Å². The predicted octanol–water partition coefficient (Wildman–Crippen LogP) is 3.77. The van der Waals surface area contributed by atoms with Crippen molar-refractivity contribution in [1.29, 1.82) is 0 Å². The van der Waals surface area contributed by atoms with E-state index in [-0.39, 0.29) is 0 Å². The van der Waals surface area contributed by atoms with Gasteiger partial charge in [0.15, 0.2) is 0 Å². The molecule has 3 rings (SSSR count). The molecule has 1 aliphatic heterocycles. The lowest BCUT2D eigenvalue weighted by Gasteiger charge is -2.46. The fourth-order valence-electron chi connectivity index (χ4n) is 4.64. The molecule has 0 bridgehead atoms. The quantitative estimate of drug-likeness (QED) is 0.916. The van der Waals surface area contributed by atoms with Gasteiger partial charge in [-0.1, -0.05) is 30.3 Å². The Morgan fingerprint density at radius 2 is 1.95 bits per heavy atom. The van der Waals surface area contributed by atoms with Crippen molar-refractivity contribution in [3.8, 4) is 0 Å². The third kappa shape index (κ3) is 3.02. The average molecular weight is 286 g/mol. The zero-order valence-electron chi connectivity index (χ0n) is 13.6. The Kier molecular flexibility index (Phi) is 4.37. The first kappa shape index (κ1) is 15.1. The summed E-state index contributed by atoms with van der Waals surface area (Å²) in [5, 5.41) is 0. The maximum absolute atomic E-state index is 6.11. The number of likely N-dealkylation sites (tertiary alicyclic amines) is 1. The highest BCUT2D eigenvalue weighted by atomic mass is 15.2. The van der Waals surface area contributed by atoms with Crippen LogP contribution < -0.4 is 5.73 Å². The molecule has 1 saturated heterocycles. The van der Waals surface area contributed by atoms with Crippen LogP contribution in [0.1, 0.15) is 57.4 Å². The minimum atomic E-state index is 0.358. The van der Waals surface area contributed by atoms with E-state index in [1.54, 1.807) is 0 Å². The number of hydrogen-bond acceptors (Lipinski definition) is 2. The smallest absolute Gasteiger partial charge is 0.0156 e. The second-order valence-corrected chi connectivity index (χ2v) is 7.59. The third-order valence-corrected chi connectivity index (χ3v) is 5.90. The van der Waals surface area contributed by atoms with Gasteiger partial charge in [-0.2, -0.15) is 0 Å². The SMILES string of the molecule is CC1(C)CCCN1C1CC(c2ccccc2)CCC1CN. The van der Waals surface area contributed by atoms with E-state index in [0.29, 0.717) is 17.5 Å². The highest BCUT2D eigenvalue weighted by Gasteiger charge is 2.42. The molecule has 2 heteroatoms. The van der Waals surface area contributed by atoms with Crippen LogP contribution in [0.15, 0.2) is 30.3 Å². The van der Waals surface area contributed by atoms with Gasteiger partial charge in [0.25, 0.3) is 0 Å². The van der Waals surface area contributed by atoms with Crippen LogP contribution in [0.25, 0.3) is 0 Å². The second-order valence-electron chi connectivity index (χ2n) is 7.59. The standard InChI is InChI=1S/C19H30N2/c1-19(2)11-6-12-21(19)18-13-16(9-10-17(18)14-20)15-7-4-3-5-8-15/h3-5,7-8,16-18H,6,9-14,20H2,1-2H3. The molecule has 2 N–H and O–H groups in total. The Morgan fingerprint density at radius 1 is 1.19 bits per heavy atom. The molecule has 21 heavy (non-hydrogen) atoms. The molecule has 0 spiro atoms. The maximum Gasteiger partial charge on any atom is 0.0156 e. The summed E-state index contributed by atoms with van der Waals surface area (Å²) in [7, 11) is 0. The Bertz CT molecular complexity index is 454. The lowest BCUT2D eigenvalue weighted by molar-refractivity contribution is 0.0476. The summed E-state index contributed by atoms with van der Waals surface area (Å²) >= 11 is 0. The molecular formula is C19H30N2. The highest BCUT2D eigenvalue weighted by Crippen LogP contribution is 2.42. The average Bonchev–Trinajstić information content (AvgIpc) is 2.87. The van der Waals surface area contributed by atoms with E-state index in [9.17, 15) is 0 Å². The van der Waals surface area contributed by atoms with Crippen LogP contribution >= 0.6 is 0 Å². The summed E-state index contributed by atoms with van der Waals surface area (Å²) in [6.07, 6.45) is 6.55. The molecule has 1 aromatic carbocycles. The molecule has 116 valence electrons. The minimum Gasteiger partial charge on any atom is -0.330 e. The Hall–Kier alpha value is -0.860. The summed E-state index contributed by atoms with van der Waals surface area (Å²) < 4.78 is 0. The van der Waals surface area contributed by atoms with Gasteiger partial charge in [-0.3, -0.25) is 4.90 Å². The monoisotopic (exact) mass is 286 g/mol. The second kappa shape index (κ2) is 6.10. The minimum absolute atomic E-state index is 0.358. The number of nitrogens with zero attached hydrogens (tertiary/aromatic N) is 1. The van der Waals surface area contributed by atoms with Crippen LogP contribution in [0.5, 0.6) is 0 Å². The van der Waals surface area contributed by atoms with Crippen molar-refractivity contribution in [3.63, 3.8) is 0 Å². The topological polar surface area (TPSA) is 29.3 Å². The van der Waals surface area contributed by atoms with Crippen molar-refractivity contribution in [2.75, 3.05) is 13.1 Å².